The van der Waals surface area contributed by atoms with Gasteiger partial charge in [-0.2, -0.15) is 5.10 Å². The first-order chi connectivity index (χ1) is 10.1. The van der Waals surface area contributed by atoms with Gasteiger partial charge in [0.05, 0.1) is 12.3 Å². The van der Waals surface area contributed by atoms with Crippen LogP contribution in [0.25, 0.3) is 11.1 Å². The number of aromatic nitrogens is 2. The molecule has 0 radical (unpaired) electrons. The van der Waals surface area contributed by atoms with Crippen molar-refractivity contribution in [3.05, 3.63) is 30.0 Å². The van der Waals surface area contributed by atoms with Crippen LogP contribution in [0.5, 0.6) is 5.75 Å². The predicted octanol–water partition coefficient (Wildman–Crippen LogP) is 3.89. The lowest BCUT2D eigenvalue weighted by Crippen LogP contribution is -2.18. The molecule has 3 N–H and O–H groups in total. The molecule has 0 bridgehead atoms. The van der Waals surface area contributed by atoms with Gasteiger partial charge in [-0.3, -0.25) is 5.10 Å². The van der Waals surface area contributed by atoms with Crippen LogP contribution in [0.15, 0.2) is 24.3 Å². The smallest absolute Gasteiger partial charge is 0.153 e. The van der Waals surface area contributed by atoms with Crippen LogP contribution in [0.1, 0.15) is 45.2 Å². The highest BCUT2D eigenvalue weighted by Crippen LogP contribution is 2.45. The second-order valence-electron chi connectivity index (χ2n) is 6.08. The molecule has 0 saturated heterocycles. The molecular formula is C17H23N3O. The number of hydrogen-bond acceptors (Lipinski definition) is 3. The van der Waals surface area contributed by atoms with E-state index in [4.69, 9.17) is 10.5 Å². The molecule has 1 heterocycles. The lowest BCUT2D eigenvalue weighted by atomic mass is 9.81. The average molecular weight is 285 g/mol. The Morgan fingerprint density at radius 3 is 2.52 bits per heavy atom. The average Bonchev–Trinajstić information content (AvgIpc) is 3.08. The SMILES string of the molecule is CCOc1ccc(-c2c(N)n[nH]c2C2(C)CCCC2)cc1. The van der Waals surface area contributed by atoms with E-state index in [2.05, 4.69) is 29.3 Å². The molecule has 1 aromatic carbocycles. The Kier molecular flexibility index (Phi) is 3.62. The number of ether oxygens (including phenoxy) is 1. The number of benzene rings is 1. The summed E-state index contributed by atoms with van der Waals surface area (Å²) in [6.07, 6.45) is 4.94. The fourth-order valence-electron chi connectivity index (χ4n) is 3.37. The van der Waals surface area contributed by atoms with Crippen molar-refractivity contribution in [2.75, 3.05) is 12.3 Å². The van der Waals surface area contributed by atoms with Crippen molar-refractivity contribution in [2.45, 2.75) is 44.9 Å². The number of nitrogens with zero attached hydrogens (tertiary/aromatic N) is 1. The Hall–Kier alpha value is -1.97. The zero-order chi connectivity index (χ0) is 14.9. The van der Waals surface area contributed by atoms with E-state index in [1.54, 1.807) is 0 Å². The molecule has 0 amide bonds. The maximum absolute atomic E-state index is 6.12. The lowest BCUT2D eigenvalue weighted by molar-refractivity contribution is 0.340. The monoisotopic (exact) mass is 285 g/mol. The second kappa shape index (κ2) is 5.43. The summed E-state index contributed by atoms with van der Waals surface area (Å²) in [5.74, 6) is 1.47. The van der Waals surface area contributed by atoms with Crippen LogP contribution in [0.4, 0.5) is 5.82 Å². The Morgan fingerprint density at radius 1 is 1.24 bits per heavy atom. The summed E-state index contributed by atoms with van der Waals surface area (Å²) in [6.45, 7) is 4.97. The molecule has 4 heteroatoms. The molecular weight excluding hydrogens is 262 g/mol. The molecule has 0 atom stereocenters. The van der Waals surface area contributed by atoms with Crippen molar-refractivity contribution in [1.29, 1.82) is 0 Å². The van der Waals surface area contributed by atoms with Crippen molar-refractivity contribution in [3.63, 3.8) is 0 Å². The summed E-state index contributed by atoms with van der Waals surface area (Å²) in [4.78, 5) is 0. The molecule has 1 aliphatic rings. The maximum Gasteiger partial charge on any atom is 0.153 e. The summed E-state index contributed by atoms with van der Waals surface area (Å²) in [6, 6.07) is 8.11. The van der Waals surface area contributed by atoms with Gasteiger partial charge in [0.1, 0.15) is 5.75 Å². The predicted molar refractivity (Wildman–Crippen MR) is 85.4 cm³/mol. The number of nitrogens with two attached hydrogens (primary N) is 1. The number of nitrogen functional groups attached to an aromatic ring is 1. The van der Waals surface area contributed by atoms with Gasteiger partial charge in [-0.1, -0.05) is 31.9 Å². The van der Waals surface area contributed by atoms with Crippen molar-refractivity contribution in [1.82, 2.24) is 10.2 Å². The van der Waals surface area contributed by atoms with Gasteiger partial charge in [-0.25, -0.2) is 0 Å². The van der Waals surface area contributed by atoms with Crippen LogP contribution in [-0.4, -0.2) is 16.8 Å². The maximum atomic E-state index is 6.12. The van der Waals surface area contributed by atoms with Gasteiger partial charge < -0.3 is 10.5 Å². The first kappa shape index (κ1) is 14.0. The zero-order valence-corrected chi connectivity index (χ0v) is 12.8. The van der Waals surface area contributed by atoms with E-state index in [1.165, 1.54) is 31.4 Å². The summed E-state index contributed by atoms with van der Waals surface area (Å²) in [5.41, 5.74) is 9.63. The van der Waals surface area contributed by atoms with Crippen LogP contribution >= 0.6 is 0 Å². The van der Waals surface area contributed by atoms with Gasteiger partial charge in [0.25, 0.3) is 0 Å². The third kappa shape index (κ3) is 2.50. The van der Waals surface area contributed by atoms with Gasteiger partial charge in [0.2, 0.25) is 0 Å². The minimum absolute atomic E-state index is 0.165. The Balaban J connectivity index is 2.00. The zero-order valence-electron chi connectivity index (χ0n) is 12.8. The molecule has 112 valence electrons. The van der Waals surface area contributed by atoms with E-state index in [1.807, 2.05) is 19.1 Å². The van der Waals surface area contributed by atoms with Gasteiger partial charge in [-0.15, -0.1) is 0 Å². The number of nitrogens with one attached hydrogen (secondary N) is 1. The highest BCUT2D eigenvalue weighted by atomic mass is 16.5. The van der Waals surface area contributed by atoms with Gasteiger partial charge in [-0.05, 0) is 37.5 Å². The largest absolute Gasteiger partial charge is 0.494 e. The second-order valence-corrected chi connectivity index (χ2v) is 6.08. The van der Waals surface area contributed by atoms with E-state index in [9.17, 15) is 0 Å². The molecule has 21 heavy (non-hydrogen) atoms. The van der Waals surface area contributed by atoms with Crippen LogP contribution < -0.4 is 10.5 Å². The first-order valence-electron chi connectivity index (χ1n) is 7.71. The summed E-state index contributed by atoms with van der Waals surface area (Å²) in [7, 11) is 0. The van der Waals surface area contributed by atoms with Gasteiger partial charge in [0.15, 0.2) is 5.82 Å². The van der Waals surface area contributed by atoms with Crippen molar-refractivity contribution in [2.24, 2.45) is 0 Å². The first-order valence-corrected chi connectivity index (χ1v) is 7.71. The number of aromatic amines is 1. The summed E-state index contributed by atoms with van der Waals surface area (Å²) in [5, 5.41) is 7.45. The van der Waals surface area contributed by atoms with E-state index in [0.717, 1.165) is 16.9 Å². The van der Waals surface area contributed by atoms with Crippen LogP contribution in [-0.2, 0) is 5.41 Å². The fraction of sp³-hybridized carbons (Fsp3) is 0.471. The van der Waals surface area contributed by atoms with Gasteiger partial charge >= 0.3 is 0 Å². The van der Waals surface area contributed by atoms with E-state index in [-0.39, 0.29) is 5.41 Å². The van der Waals surface area contributed by atoms with E-state index in [0.29, 0.717) is 12.4 Å². The Morgan fingerprint density at radius 2 is 1.90 bits per heavy atom. The lowest BCUT2D eigenvalue weighted by Gasteiger charge is -2.23. The molecule has 2 aromatic rings. The molecule has 4 nitrogen and oxygen atoms in total. The third-order valence-electron chi connectivity index (χ3n) is 4.56. The van der Waals surface area contributed by atoms with Crippen LogP contribution in [0.3, 0.4) is 0 Å². The number of anilines is 1. The topological polar surface area (TPSA) is 63.9 Å². The molecule has 1 aromatic heterocycles. The van der Waals surface area contributed by atoms with E-state index >= 15 is 0 Å². The van der Waals surface area contributed by atoms with Crippen molar-refractivity contribution in [3.8, 4) is 16.9 Å². The van der Waals surface area contributed by atoms with Crippen molar-refractivity contribution >= 4 is 5.82 Å². The van der Waals surface area contributed by atoms with Gasteiger partial charge in [0, 0.05) is 11.0 Å². The minimum atomic E-state index is 0.165. The molecule has 0 aliphatic heterocycles. The van der Waals surface area contributed by atoms with Crippen LogP contribution in [0.2, 0.25) is 0 Å². The van der Waals surface area contributed by atoms with Crippen molar-refractivity contribution < 1.29 is 4.74 Å². The Bertz CT molecular complexity index is 609. The summed E-state index contributed by atoms with van der Waals surface area (Å²) < 4.78 is 5.50. The normalized spacial score (nSPS) is 17.0. The third-order valence-corrected chi connectivity index (χ3v) is 4.56. The molecule has 3 rings (SSSR count). The standard InChI is InChI=1S/C17H23N3O/c1-3-21-13-8-6-12(7-9-13)14-15(19-20-16(14)18)17(2)10-4-5-11-17/h6-9H,3-5,10-11H2,1-2H3,(H3,18,19,20). The molecule has 1 aliphatic carbocycles. The fourth-order valence-corrected chi connectivity index (χ4v) is 3.37. The van der Waals surface area contributed by atoms with E-state index < -0.39 is 0 Å². The Labute approximate surface area is 125 Å². The van der Waals surface area contributed by atoms with Crippen LogP contribution in [0, 0.1) is 0 Å². The molecule has 0 spiro atoms. The highest BCUT2D eigenvalue weighted by Gasteiger charge is 2.35. The number of hydrogen-bond donors (Lipinski definition) is 2. The minimum Gasteiger partial charge on any atom is -0.494 e. The number of H-pyrrole nitrogens is 1. The molecule has 1 fully saturated rings. The highest BCUT2D eigenvalue weighted by molar-refractivity contribution is 5.77. The molecule has 0 unspecified atom stereocenters. The summed E-state index contributed by atoms with van der Waals surface area (Å²) >= 11 is 0. The molecule has 1 saturated carbocycles. The number of rotatable bonds is 4. The quantitative estimate of drug-likeness (QED) is 0.895.